The maximum Gasteiger partial charge on any atom is 0.410 e. The van der Waals surface area contributed by atoms with Crippen LogP contribution in [0.15, 0.2) is 28.7 Å². The van der Waals surface area contributed by atoms with E-state index in [1.807, 2.05) is 38.8 Å². The van der Waals surface area contributed by atoms with E-state index in [1.165, 1.54) is 5.56 Å². The summed E-state index contributed by atoms with van der Waals surface area (Å²) in [6.07, 6.45) is 0.808. The third-order valence-electron chi connectivity index (χ3n) is 4.17. The maximum atomic E-state index is 12.3. The van der Waals surface area contributed by atoms with Crippen LogP contribution in [0, 0.1) is 5.92 Å². The van der Waals surface area contributed by atoms with E-state index >= 15 is 0 Å². The largest absolute Gasteiger partial charge is 0.444 e. The normalized spacial score (nSPS) is 19.7. The van der Waals surface area contributed by atoms with Gasteiger partial charge in [-0.3, -0.25) is 0 Å². The lowest BCUT2D eigenvalue weighted by Crippen LogP contribution is -2.36. The van der Waals surface area contributed by atoms with Gasteiger partial charge in [-0.1, -0.05) is 34.1 Å². The second-order valence-corrected chi connectivity index (χ2v) is 8.02. The van der Waals surface area contributed by atoms with Crippen LogP contribution in [-0.2, 0) is 4.74 Å². The molecule has 2 atom stereocenters. The van der Waals surface area contributed by atoms with Crippen molar-refractivity contribution in [2.45, 2.75) is 38.7 Å². The summed E-state index contributed by atoms with van der Waals surface area (Å²) in [7, 11) is 1.98. The fourth-order valence-electron chi connectivity index (χ4n) is 3.13. The lowest BCUT2D eigenvalue weighted by Gasteiger charge is -2.27. The van der Waals surface area contributed by atoms with Gasteiger partial charge in [-0.05, 0) is 51.8 Å². The molecule has 128 valence electrons. The summed E-state index contributed by atoms with van der Waals surface area (Å²) in [6, 6.07) is 8.36. The second kappa shape index (κ2) is 7.67. The average molecular weight is 383 g/mol. The Kier molecular flexibility index (Phi) is 6.09. The van der Waals surface area contributed by atoms with Crippen molar-refractivity contribution in [3.8, 4) is 0 Å². The number of ether oxygens (including phenoxy) is 1. The zero-order valence-corrected chi connectivity index (χ0v) is 16.0. The lowest BCUT2D eigenvalue weighted by molar-refractivity contribution is 0.0286. The van der Waals surface area contributed by atoms with Crippen LogP contribution < -0.4 is 5.32 Å². The number of amides is 1. The van der Waals surface area contributed by atoms with Crippen LogP contribution in [0.1, 0.15) is 38.7 Å². The molecule has 1 amide bonds. The number of hydrogen-bond donors (Lipinski definition) is 1. The van der Waals surface area contributed by atoms with E-state index < -0.39 is 5.60 Å². The highest BCUT2D eigenvalue weighted by Crippen LogP contribution is 2.35. The molecule has 0 aromatic heterocycles. The first kappa shape index (κ1) is 18.3. The van der Waals surface area contributed by atoms with E-state index in [-0.39, 0.29) is 6.09 Å². The van der Waals surface area contributed by atoms with Gasteiger partial charge < -0.3 is 15.0 Å². The first-order valence-corrected chi connectivity index (χ1v) is 8.98. The predicted molar refractivity (Wildman–Crippen MR) is 96.7 cm³/mol. The standard InChI is InChI=1S/C18H27BrN2O2/c1-18(2,3)23-17(22)21-10-9-13(12-21)15(11-20-4)14-7-5-6-8-16(14)19/h5-8,13,15,20H,9-12H2,1-4H3. The fourth-order valence-corrected chi connectivity index (χ4v) is 3.71. The average Bonchev–Trinajstić information content (AvgIpc) is 2.93. The number of likely N-dealkylation sites (N-methyl/N-ethyl adjacent to an activating group) is 1. The molecule has 0 bridgehead atoms. The van der Waals surface area contributed by atoms with Crippen LogP contribution in [-0.4, -0.2) is 43.3 Å². The molecule has 1 saturated heterocycles. The Morgan fingerprint density at radius 2 is 2.13 bits per heavy atom. The van der Waals surface area contributed by atoms with Crippen molar-refractivity contribution in [3.63, 3.8) is 0 Å². The second-order valence-electron chi connectivity index (χ2n) is 7.16. The van der Waals surface area contributed by atoms with Crippen LogP contribution in [0.5, 0.6) is 0 Å². The number of carbonyl (C=O) groups excluding carboxylic acids is 1. The highest BCUT2D eigenvalue weighted by molar-refractivity contribution is 9.10. The number of hydrogen-bond acceptors (Lipinski definition) is 3. The van der Waals surface area contributed by atoms with Gasteiger partial charge in [-0.25, -0.2) is 4.79 Å². The van der Waals surface area contributed by atoms with Gasteiger partial charge >= 0.3 is 6.09 Å². The minimum absolute atomic E-state index is 0.199. The summed E-state index contributed by atoms with van der Waals surface area (Å²) in [5, 5.41) is 3.30. The minimum atomic E-state index is -0.442. The van der Waals surface area contributed by atoms with E-state index in [4.69, 9.17) is 4.74 Å². The summed E-state index contributed by atoms with van der Waals surface area (Å²) in [5.41, 5.74) is 0.861. The zero-order chi connectivity index (χ0) is 17.0. The molecule has 5 heteroatoms. The molecule has 1 aliphatic heterocycles. The van der Waals surface area contributed by atoms with Crippen molar-refractivity contribution >= 4 is 22.0 Å². The van der Waals surface area contributed by atoms with Crippen molar-refractivity contribution in [1.82, 2.24) is 10.2 Å². The Bertz CT molecular complexity index is 542. The van der Waals surface area contributed by atoms with Gasteiger partial charge in [0.1, 0.15) is 5.60 Å². The smallest absolute Gasteiger partial charge is 0.410 e. The predicted octanol–water partition coefficient (Wildman–Crippen LogP) is 4.01. The fraction of sp³-hybridized carbons (Fsp3) is 0.611. The van der Waals surface area contributed by atoms with Crippen LogP contribution >= 0.6 is 15.9 Å². The Morgan fingerprint density at radius 1 is 1.43 bits per heavy atom. The number of nitrogens with zero attached hydrogens (tertiary/aromatic N) is 1. The molecule has 0 saturated carbocycles. The Balaban J connectivity index is 2.08. The zero-order valence-electron chi connectivity index (χ0n) is 14.4. The number of rotatable bonds is 4. The highest BCUT2D eigenvalue weighted by Gasteiger charge is 2.34. The molecule has 4 nitrogen and oxygen atoms in total. The van der Waals surface area contributed by atoms with E-state index in [9.17, 15) is 4.79 Å². The monoisotopic (exact) mass is 382 g/mol. The molecule has 1 heterocycles. The van der Waals surface area contributed by atoms with E-state index in [0.717, 1.165) is 30.5 Å². The molecule has 2 unspecified atom stereocenters. The number of carbonyl (C=O) groups is 1. The van der Waals surface area contributed by atoms with Crippen molar-refractivity contribution in [2.75, 3.05) is 26.7 Å². The number of nitrogens with one attached hydrogen (secondary N) is 1. The van der Waals surface area contributed by atoms with Crippen molar-refractivity contribution in [1.29, 1.82) is 0 Å². The minimum Gasteiger partial charge on any atom is -0.444 e. The lowest BCUT2D eigenvalue weighted by atomic mass is 9.85. The van der Waals surface area contributed by atoms with Crippen LogP contribution in [0.2, 0.25) is 0 Å². The first-order valence-electron chi connectivity index (χ1n) is 8.19. The molecule has 0 radical (unpaired) electrons. The SMILES string of the molecule is CNCC(c1ccccc1Br)C1CCN(C(=O)OC(C)(C)C)C1. The molecular weight excluding hydrogens is 356 g/mol. The third-order valence-corrected chi connectivity index (χ3v) is 4.90. The third kappa shape index (κ3) is 4.95. The Hall–Kier alpha value is -1.07. The van der Waals surface area contributed by atoms with E-state index in [0.29, 0.717) is 11.8 Å². The molecule has 1 aromatic carbocycles. The summed E-state index contributed by atoms with van der Waals surface area (Å²) >= 11 is 3.66. The van der Waals surface area contributed by atoms with Crippen molar-refractivity contribution in [2.24, 2.45) is 5.92 Å². The first-order chi connectivity index (χ1) is 10.8. The van der Waals surface area contributed by atoms with Gasteiger partial charge in [0.2, 0.25) is 0 Å². The van der Waals surface area contributed by atoms with Crippen LogP contribution in [0.3, 0.4) is 0 Å². The number of benzene rings is 1. The molecule has 1 aromatic rings. The Morgan fingerprint density at radius 3 is 2.74 bits per heavy atom. The molecule has 1 aliphatic rings. The molecule has 0 spiro atoms. The van der Waals surface area contributed by atoms with E-state index in [2.05, 4.69) is 39.4 Å². The molecule has 0 aliphatic carbocycles. The maximum absolute atomic E-state index is 12.3. The van der Waals surface area contributed by atoms with Crippen molar-refractivity contribution < 1.29 is 9.53 Å². The summed E-state index contributed by atoms with van der Waals surface area (Å²) < 4.78 is 6.64. The van der Waals surface area contributed by atoms with Gasteiger partial charge in [-0.15, -0.1) is 0 Å². The van der Waals surface area contributed by atoms with Crippen LogP contribution in [0.25, 0.3) is 0 Å². The highest BCUT2D eigenvalue weighted by atomic mass is 79.9. The number of halogens is 1. The molecular formula is C18H27BrN2O2. The van der Waals surface area contributed by atoms with E-state index in [1.54, 1.807) is 0 Å². The van der Waals surface area contributed by atoms with Gasteiger partial charge in [0.15, 0.2) is 0 Å². The summed E-state index contributed by atoms with van der Waals surface area (Å²) in [6.45, 7) is 8.14. The van der Waals surface area contributed by atoms with Gasteiger partial charge in [-0.2, -0.15) is 0 Å². The molecule has 2 rings (SSSR count). The van der Waals surface area contributed by atoms with Gasteiger partial charge in [0.05, 0.1) is 0 Å². The van der Waals surface area contributed by atoms with Gasteiger partial charge in [0, 0.05) is 30.0 Å². The van der Waals surface area contributed by atoms with Gasteiger partial charge in [0.25, 0.3) is 0 Å². The topological polar surface area (TPSA) is 41.6 Å². The summed E-state index contributed by atoms with van der Waals surface area (Å²) in [4.78, 5) is 14.1. The number of likely N-dealkylation sites (tertiary alicyclic amines) is 1. The van der Waals surface area contributed by atoms with Crippen molar-refractivity contribution in [3.05, 3.63) is 34.3 Å². The quantitative estimate of drug-likeness (QED) is 0.854. The molecule has 1 fully saturated rings. The molecule has 23 heavy (non-hydrogen) atoms. The van der Waals surface area contributed by atoms with Crippen LogP contribution in [0.4, 0.5) is 4.79 Å². The summed E-state index contributed by atoms with van der Waals surface area (Å²) in [5.74, 6) is 0.816. The Labute approximate surface area is 147 Å². The molecule has 1 N–H and O–H groups in total.